The van der Waals surface area contributed by atoms with Gasteiger partial charge in [-0.1, -0.05) is 42.2 Å². The van der Waals surface area contributed by atoms with Gasteiger partial charge in [0, 0.05) is 21.9 Å². The van der Waals surface area contributed by atoms with E-state index in [-0.39, 0.29) is 11.5 Å². The smallest absolute Gasteiger partial charge is 0.128 e. The molecular formula is C20H16O2. The fraction of sp³-hybridized carbons (Fsp3) is 0.100. The Morgan fingerprint density at radius 1 is 0.727 bits per heavy atom. The van der Waals surface area contributed by atoms with Crippen molar-refractivity contribution < 1.29 is 10.2 Å². The summed E-state index contributed by atoms with van der Waals surface area (Å²) in [7, 11) is 0. The van der Waals surface area contributed by atoms with Crippen LogP contribution >= 0.6 is 0 Å². The van der Waals surface area contributed by atoms with Crippen LogP contribution in [0, 0.1) is 25.7 Å². The standard InChI is InChI=1S/C20H16O2/c1-13-14(2)20(22)18-16(9-6-10-17(18)19(13)21)12-11-15-7-4-3-5-8-15/h3-10,21-22H,1-2H3. The maximum Gasteiger partial charge on any atom is 0.128 e. The van der Waals surface area contributed by atoms with Crippen molar-refractivity contribution in [2.75, 3.05) is 0 Å². The molecule has 0 amide bonds. The van der Waals surface area contributed by atoms with Gasteiger partial charge in [0.2, 0.25) is 0 Å². The van der Waals surface area contributed by atoms with Gasteiger partial charge in [-0.25, -0.2) is 0 Å². The third-order valence-electron chi connectivity index (χ3n) is 3.94. The number of fused-ring (bicyclic) bond motifs is 1. The van der Waals surface area contributed by atoms with E-state index in [2.05, 4.69) is 11.8 Å². The summed E-state index contributed by atoms with van der Waals surface area (Å²) in [4.78, 5) is 0. The molecule has 0 atom stereocenters. The van der Waals surface area contributed by atoms with Gasteiger partial charge >= 0.3 is 0 Å². The normalized spacial score (nSPS) is 10.3. The zero-order valence-corrected chi connectivity index (χ0v) is 12.5. The second kappa shape index (κ2) is 5.46. The molecule has 3 aromatic carbocycles. The molecule has 108 valence electrons. The number of hydrogen-bond donors (Lipinski definition) is 2. The van der Waals surface area contributed by atoms with E-state index >= 15 is 0 Å². The molecule has 22 heavy (non-hydrogen) atoms. The van der Waals surface area contributed by atoms with Crippen LogP contribution in [0.5, 0.6) is 11.5 Å². The Morgan fingerprint density at radius 2 is 1.41 bits per heavy atom. The predicted molar refractivity (Wildman–Crippen MR) is 89.2 cm³/mol. The van der Waals surface area contributed by atoms with E-state index in [9.17, 15) is 10.2 Å². The molecule has 0 spiro atoms. The molecule has 0 saturated carbocycles. The third kappa shape index (κ3) is 2.27. The maximum atomic E-state index is 10.5. The molecular weight excluding hydrogens is 272 g/mol. The van der Waals surface area contributed by atoms with E-state index in [1.807, 2.05) is 42.5 Å². The third-order valence-corrected chi connectivity index (χ3v) is 3.94. The first kappa shape index (κ1) is 14.0. The fourth-order valence-electron chi connectivity index (χ4n) is 2.51. The molecule has 3 aromatic rings. The predicted octanol–water partition coefficient (Wildman–Crippen LogP) is 4.27. The summed E-state index contributed by atoms with van der Waals surface area (Å²) in [6.07, 6.45) is 0. The zero-order valence-electron chi connectivity index (χ0n) is 12.5. The van der Waals surface area contributed by atoms with Crippen LogP contribution in [-0.2, 0) is 0 Å². The van der Waals surface area contributed by atoms with Gasteiger partial charge in [0.1, 0.15) is 11.5 Å². The highest BCUT2D eigenvalue weighted by Gasteiger charge is 2.14. The molecule has 0 aliphatic rings. The number of benzene rings is 3. The Labute approximate surface area is 129 Å². The molecule has 0 bridgehead atoms. The van der Waals surface area contributed by atoms with Gasteiger partial charge in [-0.2, -0.15) is 0 Å². The van der Waals surface area contributed by atoms with Gasteiger partial charge in [0.15, 0.2) is 0 Å². The van der Waals surface area contributed by atoms with Gasteiger partial charge in [-0.3, -0.25) is 0 Å². The minimum atomic E-state index is 0.184. The van der Waals surface area contributed by atoms with Crippen LogP contribution in [0.3, 0.4) is 0 Å². The van der Waals surface area contributed by atoms with Crippen molar-refractivity contribution in [3.63, 3.8) is 0 Å². The van der Waals surface area contributed by atoms with Crippen LogP contribution in [0.15, 0.2) is 48.5 Å². The van der Waals surface area contributed by atoms with Gasteiger partial charge in [-0.15, -0.1) is 0 Å². The Hall–Kier alpha value is -2.92. The highest BCUT2D eigenvalue weighted by molar-refractivity contribution is 5.99. The van der Waals surface area contributed by atoms with E-state index in [1.165, 1.54) is 0 Å². The first-order valence-corrected chi connectivity index (χ1v) is 7.10. The minimum Gasteiger partial charge on any atom is -0.507 e. The largest absolute Gasteiger partial charge is 0.507 e. The van der Waals surface area contributed by atoms with Gasteiger partial charge in [0.25, 0.3) is 0 Å². The lowest BCUT2D eigenvalue weighted by Gasteiger charge is -2.12. The lowest BCUT2D eigenvalue weighted by Crippen LogP contribution is -1.89. The molecule has 0 heterocycles. The minimum absolute atomic E-state index is 0.184. The second-order valence-corrected chi connectivity index (χ2v) is 5.29. The zero-order chi connectivity index (χ0) is 15.7. The summed E-state index contributed by atoms with van der Waals surface area (Å²) in [5.74, 6) is 6.57. The van der Waals surface area contributed by atoms with Crippen molar-refractivity contribution in [2.45, 2.75) is 13.8 Å². The fourth-order valence-corrected chi connectivity index (χ4v) is 2.51. The Bertz CT molecular complexity index is 913. The molecule has 0 radical (unpaired) electrons. The van der Waals surface area contributed by atoms with Crippen molar-refractivity contribution >= 4 is 10.8 Å². The summed E-state index contributed by atoms with van der Waals surface area (Å²) >= 11 is 0. The highest BCUT2D eigenvalue weighted by atomic mass is 16.3. The summed E-state index contributed by atoms with van der Waals surface area (Å²) in [5.41, 5.74) is 2.99. The average molecular weight is 288 g/mol. The number of phenols is 2. The monoisotopic (exact) mass is 288 g/mol. The topological polar surface area (TPSA) is 40.5 Å². The van der Waals surface area contributed by atoms with E-state index in [1.54, 1.807) is 19.9 Å². The van der Waals surface area contributed by atoms with Crippen LogP contribution in [0.25, 0.3) is 10.8 Å². The molecule has 0 saturated heterocycles. The van der Waals surface area contributed by atoms with E-state index in [0.29, 0.717) is 27.5 Å². The Kier molecular flexibility index (Phi) is 3.48. The van der Waals surface area contributed by atoms with Crippen LogP contribution < -0.4 is 0 Å². The second-order valence-electron chi connectivity index (χ2n) is 5.29. The van der Waals surface area contributed by atoms with Gasteiger partial charge < -0.3 is 10.2 Å². The van der Waals surface area contributed by atoms with Crippen LogP contribution in [-0.4, -0.2) is 10.2 Å². The quantitative estimate of drug-likeness (QED) is 0.479. The number of rotatable bonds is 0. The number of hydrogen-bond acceptors (Lipinski definition) is 2. The first-order chi connectivity index (χ1) is 10.6. The Balaban J connectivity index is 2.26. The number of aromatic hydroxyl groups is 2. The molecule has 3 rings (SSSR count). The molecule has 0 aliphatic carbocycles. The maximum absolute atomic E-state index is 10.5. The van der Waals surface area contributed by atoms with Gasteiger partial charge in [-0.05, 0) is 43.2 Å². The van der Waals surface area contributed by atoms with Crippen LogP contribution in [0.4, 0.5) is 0 Å². The first-order valence-electron chi connectivity index (χ1n) is 7.10. The molecule has 0 aromatic heterocycles. The molecule has 2 N–H and O–H groups in total. The highest BCUT2D eigenvalue weighted by Crippen LogP contribution is 2.40. The van der Waals surface area contributed by atoms with Crippen LogP contribution in [0.1, 0.15) is 22.3 Å². The van der Waals surface area contributed by atoms with Crippen LogP contribution in [0.2, 0.25) is 0 Å². The van der Waals surface area contributed by atoms with Crippen molar-refractivity contribution in [3.8, 4) is 23.3 Å². The number of phenolic OH excluding ortho intramolecular Hbond substituents is 2. The van der Waals surface area contributed by atoms with Crippen molar-refractivity contribution in [2.24, 2.45) is 0 Å². The molecule has 2 heteroatoms. The lowest BCUT2D eigenvalue weighted by atomic mass is 9.96. The Morgan fingerprint density at radius 3 is 2.14 bits per heavy atom. The van der Waals surface area contributed by atoms with E-state index in [0.717, 1.165) is 5.56 Å². The summed E-state index contributed by atoms with van der Waals surface area (Å²) in [5, 5.41) is 22.0. The van der Waals surface area contributed by atoms with E-state index in [4.69, 9.17) is 0 Å². The lowest BCUT2D eigenvalue weighted by molar-refractivity contribution is 0.462. The molecule has 0 unspecified atom stereocenters. The molecule has 0 fully saturated rings. The summed E-state index contributed by atoms with van der Waals surface area (Å²) < 4.78 is 0. The van der Waals surface area contributed by atoms with E-state index < -0.39 is 0 Å². The SMILES string of the molecule is Cc1c(C)c(O)c2c(C#Cc3ccccc3)cccc2c1O. The van der Waals surface area contributed by atoms with Crippen molar-refractivity contribution in [1.29, 1.82) is 0 Å². The molecule has 2 nitrogen and oxygen atoms in total. The summed E-state index contributed by atoms with van der Waals surface area (Å²) in [6, 6.07) is 15.2. The van der Waals surface area contributed by atoms with Crippen molar-refractivity contribution in [3.05, 3.63) is 70.8 Å². The average Bonchev–Trinajstić information content (AvgIpc) is 2.56. The van der Waals surface area contributed by atoms with Crippen molar-refractivity contribution in [1.82, 2.24) is 0 Å². The molecule has 0 aliphatic heterocycles. The van der Waals surface area contributed by atoms with Gasteiger partial charge in [0.05, 0.1) is 0 Å². The summed E-state index contributed by atoms with van der Waals surface area (Å²) in [6.45, 7) is 3.59.